The van der Waals surface area contributed by atoms with Crippen LogP contribution in [-0.4, -0.2) is 15.1 Å². The number of hydrogen-bond donors (Lipinski definition) is 3. The first-order chi connectivity index (χ1) is 5.29. The van der Waals surface area contributed by atoms with Crippen molar-refractivity contribution in [3.05, 3.63) is 18.5 Å². The second-order valence-corrected chi connectivity index (χ2v) is 2.30. The minimum absolute atomic E-state index is 0.0451. The van der Waals surface area contributed by atoms with E-state index >= 15 is 0 Å². The number of phenols is 1. The Kier molecular flexibility index (Phi) is 1.03. The number of nitrogens with two attached hydrogens (primary N) is 1. The summed E-state index contributed by atoms with van der Waals surface area (Å²) in [5, 5.41) is 9.34. The number of benzene rings is 1. The maximum atomic E-state index is 9.34. The molecule has 1 heterocycles. The predicted molar refractivity (Wildman–Crippen MR) is 42.2 cm³/mol. The molecule has 0 aliphatic carbocycles. The fraction of sp³-hybridized carbons (Fsp3) is 0. The Balaban J connectivity index is 2.93. The number of nitrogen functional groups attached to an aromatic ring is 1. The molecule has 0 spiro atoms. The van der Waals surface area contributed by atoms with Gasteiger partial charge < -0.3 is 15.8 Å². The number of aromatic hydroxyl groups is 1. The van der Waals surface area contributed by atoms with Crippen LogP contribution in [0.25, 0.3) is 11.0 Å². The van der Waals surface area contributed by atoms with Gasteiger partial charge in [-0.25, -0.2) is 4.98 Å². The molecule has 4 N–H and O–H groups in total. The molecule has 0 saturated heterocycles. The SMILES string of the molecule is Nc1ccc2[nH]cnc2c1O. The summed E-state index contributed by atoms with van der Waals surface area (Å²) in [7, 11) is 0. The van der Waals surface area contributed by atoms with Crippen LogP contribution in [0.5, 0.6) is 5.75 Å². The van der Waals surface area contributed by atoms with E-state index in [1.165, 1.54) is 6.33 Å². The number of hydrogen-bond acceptors (Lipinski definition) is 3. The highest BCUT2D eigenvalue weighted by atomic mass is 16.3. The van der Waals surface area contributed by atoms with Gasteiger partial charge in [-0.2, -0.15) is 0 Å². The van der Waals surface area contributed by atoms with E-state index in [4.69, 9.17) is 5.73 Å². The lowest BCUT2D eigenvalue weighted by Gasteiger charge is -1.96. The fourth-order valence-electron chi connectivity index (χ4n) is 1.01. The number of aromatic nitrogens is 2. The minimum atomic E-state index is 0.0451. The minimum Gasteiger partial charge on any atom is -0.504 e. The van der Waals surface area contributed by atoms with Gasteiger partial charge in [0.1, 0.15) is 5.52 Å². The molecule has 0 aliphatic rings. The van der Waals surface area contributed by atoms with Gasteiger partial charge in [-0.15, -0.1) is 0 Å². The predicted octanol–water partition coefficient (Wildman–Crippen LogP) is 0.851. The normalized spacial score (nSPS) is 10.5. The Morgan fingerprint density at radius 3 is 3.09 bits per heavy atom. The van der Waals surface area contributed by atoms with E-state index in [0.29, 0.717) is 11.2 Å². The number of imidazole rings is 1. The standard InChI is InChI=1S/C7H7N3O/c8-4-1-2-5-6(7(4)11)10-3-9-5/h1-3,11H,8H2,(H,9,10). The van der Waals surface area contributed by atoms with Gasteiger partial charge in [0.05, 0.1) is 17.5 Å². The molecule has 11 heavy (non-hydrogen) atoms. The molecule has 2 aromatic rings. The number of fused-ring (bicyclic) bond motifs is 1. The Bertz CT molecular complexity index is 393. The monoisotopic (exact) mass is 149 g/mol. The molecule has 2 rings (SSSR count). The summed E-state index contributed by atoms with van der Waals surface area (Å²) >= 11 is 0. The second-order valence-electron chi connectivity index (χ2n) is 2.30. The van der Waals surface area contributed by atoms with Crippen LogP contribution in [0.2, 0.25) is 0 Å². The molecule has 4 nitrogen and oxygen atoms in total. The Morgan fingerprint density at radius 2 is 2.27 bits per heavy atom. The van der Waals surface area contributed by atoms with E-state index in [1.807, 2.05) is 0 Å². The highest BCUT2D eigenvalue weighted by Crippen LogP contribution is 2.27. The maximum absolute atomic E-state index is 9.34. The first-order valence-corrected chi connectivity index (χ1v) is 3.19. The van der Waals surface area contributed by atoms with Gasteiger partial charge in [0, 0.05) is 0 Å². The molecule has 0 saturated carbocycles. The van der Waals surface area contributed by atoms with Gasteiger partial charge in [-0.3, -0.25) is 0 Å². The number of H-pyrrole nitrogens is 1. The molecule has 4 heteroatoms. The molecule has 0 unspecified atom stereocenters. The zero-order valence-electron chi connectivity index (χ0n) is 5.70. The lowest BCUT2D eigenvalue weighted by molar-refractivity contribution is 0.483. The number of nitrogens with zero attached hydrogens (tertiary/aromatic N) is 1. The Hall–Kier alpha value is -1.71. The molecule has 56 valence electrons. The van der Waals surface area contributed by atoms with Crippen molar-refractivity contribution in [1.29, 1.82) is 0 Å². The topological polar surface area (TPSA) is 74.9 Å². The van der Waals surface area contributed by atoms with Gasteiger partial charge >= 0.3 is 0 Å². The van der Waals surface area contributed by atoms with Crippen molar-refractivity contribution in [2.75, 3.05) is 5.73 Å². The van der Waals surface area contributed by atoms with Crippen molar-refractivity contribution in [1.82, 2.24) is 9.97 Å². The van der Waals surface area contributed by atoms with Crippen LogP contribution in [0, 0.1) is 0 Å². The molecule has 0 atom stereocenters. The summed E-state index contributed by atoms with van der Waals surface area (Å²) in [6.07, 6.45) is 1.52. The highest BCUT2D eigenvalue weighted by molar-refractivity contribution is 5.86. The van der Waals surface area contributed by atoms with Gasteiger partial charge in [0.15, 0.2) is 5.75 Å². The van der Waals surface area contributed by atoms with Crippen LogP contribution in [0.1, 0.15) is 0 Å². The molecule has 0 radical (unpaired) electrons. The quantitative estimate of drug-likeness (QED) is 0.384. The maximum Gasteiger partial charge on any atom is 0.166 e. The molecule has 1 aromatic heterocycles. The van der Waals surface area contributed by atoms with Crippen LogP contribution in [0.3, 0.4) is 0 Å². The summed E-state index contributed by atoms with van der Waals surface area (Å²) in [5.41, 5.74) is 7.10. The van der Waals surface area contributed by atoms with Crippen molar-refractivity contribution >= 4 is 16.7 Å². The number of rotatable bonds is 0. The molecule has 0 bridgehead atoms. The molecule has 0 aliphatic heterocycles. The first-order valence-electron chi connectivity index (χ1n) is 3.19. The third kappa shape index (κ3) is 0.724. The van der Waals surface area contributed by atoms with E-state index in [2.05, 4.69) is 9.97 Å². The van der Waals surface area contributed by atoms with E-state index in [1.54, 1.807) is 12.1 Å². The lowest BCUT2D eigenvalue weighted by atomic mass is 10.2. The number of phenolic OH excluding ortho intramolecular Hbond substituents is 1. The Labute approximate surface area is 62.7 Å². The van der Waals surface area contributed by atoms with Gasteiger partial charge in [-0.05, 0) is 12.1 Å². The summed E-state index contributed by atoms with van der Waals surface area (Å²) in [6.45, 7) is 0. The van der Waals surface area contributed by atoms with Crippen LogP contribution >= 0.6 is 0 Å². The van der Waals surface area contributed by atoms with Crippen molar-refractivity contribution < 1.29 is 5.11 Å². The van der Waals surface area contributed by atoms with E-state index in [0.717, 1.165) is 5.52 Å². The zero-order chi connectivity index (χ0) is 7.84. The van der Waals surface area contributed by atoms with Crippen LogP contribution in [0.15, 0.2) is 18.5 Å². The fourth-order valence-corrected chi connectivity index (χ4v) is 1.01. The first kappa shape index (κ1) is 6.03. The summed E-state index contributed by atoms with van der Waals surface area (Å²) < 4.78 is 0. The van der Waals surface area contributed by atoms with Crippen LogP contribution in [0.4, 0.5) is 5.69 Å². The zero-order valence-corrected chi connectivity index (χ0v) is 5.70. The van der Waals surface area contributed by atoms with Crippen molar-refractivity contribution in [2.45, 2.75) is 0 Å². The third-order valence-corrected chi connectivity index (χ3v) is 1.60. The smallest absolute Gasteiger partial charge is 0.166 e. The summed E-state index contributed by atoms with van der Waals surface area (Å²) in [5.74, 6) is 0.0451. The number of aromatic amines is 1. The average molecular weight is 149 g/mol. The van der Waals surface area contributed by atoms with Gasteiger partial charge in [-0.1, -0.05) is 0 Å². The van der Waals surface area contributed by atoms with Crippen LogP contribution in [-0.2, 0) is 0 Å². The van der Waals surface area contributed by atoms with Crippen LogP contribution < -0.4 is 5.73 Å². The van der Waals surface area contributed by atoms with Crippen molar-refractivity contribution in [3.63, 3.8) is 0 Å². The van der Waals surface area contributed by atoms with Crippen molar-refractivity contribution in [3.8, 4) is 5.75 Å². The molecule has 1 aromatic carbocycles. The van der Waals surface area contributed by atoms with Gasteiger partial charge in [0.25, 0.3) is 0 Å². The molecular formula is C7H7N3O. The van der Waals surface area contributed by atoms with E-state index in [-0.39, 0.29) is 5.75 Å². The highest BCUT2D eigenvalue weighted by Gasteiger charge is 2.03. The number of anilines is 1. The molecule has 0 fully saturated rings. The Morgan fingerprint density at radius 1 is 1.45 bits per heavy atom. The summed E-state index contributed by atoms with van der Waals surface area (Å²) in [4.78, 5) is 6.75. The number of nitrogens with one attached hydrogen (secondary N) is 1. The third-order valence-electron chi connectivity index (χ3n) is 1.60. The van der Waals surface area contributed by atoms with Crippen molar-refractivity contribution in [2.24, 2.45) is 0 Å². The van der Waals surface area contributed by atoms with Gasteiger partial charge in [0.2, 0.25) is 0 Å². The second kappa shape index (κ2) is 1.88. The summed E-state index contributed by atoms with van der Waals surface area (Å²) in [6, 6.07) is 3.41. The lowest BCUT2D eigenvalue weighted by Crippen LogP contribution is -1.85. The average Bonchev–Trinajstić information content (AvgIpc) is 2.45. The van der Waals surface area contributed by atoms with E-state index < -0.39 is 0 Å². The molecular weight excluding hydrogens is 142 g/mol. The van der Waals surface area contributed by atoms with E-state index in [9.17, 15) is 5.11 Å². The molecule has 0 amide bonds. The largest absolute Gasteiger partial charge is 0.504 e.